The summed E-state index contributed by atoms with van der Waals surface area (Å²) in [4.78, 5) is 0. The summed E-state index contributed by atoms with van der Waals surface area (Å²) in [5, 5.41) is 6.82. The van der Waals surface area contributed by atoms with Crippen LogP contribution in [0.1, 0.15) is 19.4 Å². The Balaban J connectivity index is 2.18. The van der Waals surface area contributed by atoms with Crippen LogP contribution in [0.15, 0.2) is 30.3 Å². The van der Waals surface area contributed by atoms with E-state index in [-0.39, 0.29) is 5.41 Å². The van der Waals surface area contributed by atoms with Crippen LogP contribution in [0, 0.1) is 0 Å². The predicted octanol–water partition coefficient (Wildman–Crippen LogP) is 1.79. The molecule has 0 saturated heterocycles. The smallest absolute Gasteiger partial charge is 0.0587 e. The number of benzene rings is 1. The van der Waals surface area contributed by atoms with E-state index in [0.717, 1.165) is 32.8 Å². The highest BCUT2D eigenvalue weighted by molar-refractivity contribution is 5.23. The van der Waals surface area contributed by atoms with Gasteiger partial charge in [-0.1, -0.05) is 44.2 Å². The summed E-state index contributed by atoms with van der Waals surface area (Å²) >= 11 is 0. The molecule has 2 N–H and O–H groups in total. The summed E-state index contributed by atoms with van der Waals surface area (Å²) in [5.74, 6) is 0. The number of hydrogen-bond donors (Lipinski definition) is 2. The van der Waals surface area contributed by atoms with Gasteiger partial charge in [0.2, 0.25) is 0 Å². The minimum atomic E-state index is 0.174. The van der Waals surface area contributed by atoms with Crippen molar-refractivity contribution in [2.75, 3.05) is 39.9 Å². The molecule has 0 aliphatic heterocycles. The van der Waals surface area contributed by atoms with Crippen LogP contribution in [0.2, 0.25) is 0 Å². The van der Waals surface area contributed by atoms with Crippen LogP contribution in [0.3, 0.4) is 0 Å². The number of nitrogens with one attached hydrogen (secondary N) is 2. The third-order valence-electron chi connectivity index (χ3n) is 3.08. The standard InChI is InChI=1S/C15H26N2O/c1-15(2,14-7-5-4-6-8-14)13-17-10-9-16-11-12-18-3/h4-8,16-17H,9-13H2,1-3H3. The van der Waals surface area contributed by atoms with Gasteiger partial charge in [-0.2, -0.15) is 0 Å². The Morgan fingerprint density at radius 2 is 1.67 bits per heavy atom. The summed E-state index contributed by atoms with van der Waals surface area (Å²) in [6.07, 6.45) is 0. The van der Waals surface area contributed by atoms with Gasteiger partial charge in [-0.3, -0.25) is 0 Å². The molecule has 3 heteroatoms. The first kappa shape index (κ1) is 15.2. The van der Waals surface area contributed by atoms with Crippen molar-refractivity contribution < 1.29 is 4.74 Å². The van der Waals surface area contributed by atoms with Gasteiger partial charge in [0.1, 0.15) is 0 Å². The van der Waals surface area contributed by atoms with E-state index in [1.165, 1.54) is 5.56 Å². The average Bonchev–Trinajstić information content (AvgIpc) is 2.39. The molecule has 0 radical (unpaired) electrons. The topological polar surface area (TPSA) is 33.3 Å². The number of hydrogen-bond acceptors (Lipinski definition) is 3. The first-order valence-corrected chi connectivity index (χ1v) is 6.63. The highest BCUT2D eigenvalue weighted by Crippen LogP contribution is 2.21. The summed E-state index contributed by atoms with van der Waals surface area (Å²) in [6.45, 7) is 9.19. The highest BCUT2D eigenvalue weighted by atomic mass is 16.5. The first-order chi connectivity index (χ1) is 8.67. The second-order valence-electron chi connectivity index (χ2n) is 5.17. The Bertz CT molecular complexity index is 312. The van der Waals surface area contributed by atoms with Crippen molar-refractivity contribution in [2.45, 2.75) is 19.3 Å². The van der Waals surface area contributed by atoms with Gasteiger partial charge in [0.15, 0.2) is 0 Å². The van der Waals surface area contributed by atoms with Gasteiger partial charge in [-0.15, -0.1) is 0 Å². The van der Waals surface area contributed by atoms with Gasteiger partial charge in [-0.25, -0.2) is 0 Å². The quantitative estimate of drug-likeness (QED) is 0.656. The van der Waals surface area contributed by atoms with Crippen molar-refractivity contribution in [3.8, 4) is 0 Å². The van der Waals surface area contributed by atoms with Crippen molar-refractivity contribution in [2.24, 2.45) is 0 Å². The van der Waals surface area contributed by atoms with E-state index >= 15 is 0 Å². The van der Waals surface area contributed by atoms with Gasteiger partial charge in [0.05, 0.1) is 6.61 Å². The number of ether oxygens (including phenoxy) is 1. The van der Waals surface area contributed by atoms with Crippen molar-refractivity contribution in [1.29, 1.82) is 0 Å². The molecular weight excluding hydrogens is 224 g/mol. The third-order valence-corrected chi connectivity index (χ3v) is 3.08. The lowest BCUT2D eigenvalue weighted by Crippen LogP contribution is -2.37. The molecule has 0 saturated carbocycles. The Labute approximate surface area is 111 Å². The third kappa shape index (κ3) is 5.63. The molecule has 0 unspecified atom stereocenters. The summed E-state index contributed by atoms with van der Waals surface area (Å²) in [5.41, 5.74) is 1.55. The zero-order valence-electron chi connectivity index (χ0n) is 11.8. The fourth-order valence-electron chi connectivity index (χ4n) is 1.87. The number of methoxy groups -OCH3 is 1. The molecule has 0 bridgehead atoms. The van der Waals surface area contributed by atoms with E-state index in [1.807, 2.05) is 0 Å². The van der Waals surface area contributed by atoms with Gasteiger partial charge in [0.25, 0.3) is 0 Å². The van der Waals surface area contributed by atoms with Crippen molar-refractivity contribution in [3.05, 3.63) is 35.9 Å². The fraction of sp³-hybridized carbons (Fsp3) is 0.600. The molecule has 3 nitrogen and oxygen atoms in total. The van der Waals surface area contributed by atoms with E-state index in [9.17, 15) is 0 Å². The minimum Gasteiger partial charge on any atom is -0.383 e. The highest BCUT2D eigenvalue weighted by Gasteiger charge is 2.19. The van der Waals surface area contributed by atoms with Crippen LogP contribution in [-0.2, 0) is 10.2 Å². The molecule has 1 aromatic rings. The molecule has 102 valence electrons. The monoisotopic (exact) mass is 250 g/mol. The van der Waals surface area contributed by atoms with Crippen LogP contribution in [0.5, 0.6) is 0 Å². The van der Waals surface area contributed by atoms with Crippen LogP contribution in [-0.4, -0.2) is 39.9 Å². The molecule has 18 heavy (non-hydrogen) atoms. The largest absolute Gasteiger partial charge is 0.383 e. The van der Waals surface area contributed by atoms with E-state index in [0.29, 0.717) is 0 Å². The van der Waals surface area contributed by atoms with E-state index in [2.05, 4.69) is 54.8 Å². The predicted molar refractivity (Wildman–Crippen MR) is 77.1 cm³/mol. The lowest BCUT2D eigenvalue weighted by molar-refractivity contribution is 0.199. The number of rotatable bonds is 9. The van der Waals surface area contributed by atoms with Crippen molar-refractivity contribution in [1.82, 2.24) is 10.6 Å². The lowest BCUT2D eigenvalue weighted by atomic mass is 9.85. The van der Waals surface area contributed by atoms with Gasteiger partial charge in [0, 0.05) is 38.7 Å². The molecule has 1 rings (SSSR count). The maximum absolute atomic E-state index is 4.98. The zero-order valence-corrected chi connectivity index (χ0v) is 11.8. The molecule has 0 aromatic heterocycles. The van der Waals surface area contributed by atoms with Crippen LogP contribution >= 0.6 is 0 Å². The summed E-state index contributed by atoms with van der Waals surface area (Å²) < 4.78 is 4.98. The van der Waals surface area contributed by atoms with Crippen LogP contribution in [0.25, 0.3) is 0 Å². The fourth-order valence-corrected chi connectivity index (χ4v) is 1.87. The van der Waals surface area contributed by atoms with Crippen LogP contribution < -0.4 is 10.6 Å². The molecule has 0 atom stereocenters. The molecule has 0 fully saturated rings. The molecular formula is C15H26N2O. The van der Waals surface area contributed by atoms with Crippen molar-refractivity contribution in [3.63, 3.8) is 0 Å². The molecule has 0 aliphatic rings. The van der Waals surface area contributed by atoms with Gasteiger partial charge in [-0.05, 0) is 5.56 Å². The summed E-state index contributed by atoms with van der Waals surface area (Å²) in [6, 6.07) is 10.6. The minimum absolute atomic E-state index is 0.174. The first-order valence-electron chi connectivity index (χ1n) is 6.63. The molecule has 0 aliphatic carbocycles. The van der Waals surface area contributed by atoms with Gasteiger partial charge < -0.3 is 15.4 Å². The SMILES string of the molecule is COCCNCCNCC(C)(C)c1ccccc1. The lowest BCUT2D eigenvalue weighted by Gasteiger charge is -2.25. The molecule has 1 aromatic carbocycles. The normalized spacial score (nSPS) is 11.7. The van der Waals surface area contributed by atoms with Gasteiger partial charge >= 0.3 is 0 Å². The Hall–Kier alpha value is -0.900. The van der Waals surface area contributed by atoms with E-state index in [4.69, 9.17) is 4.74 Å². The Morgan fingerprint density at radius 3 is 2.33 bits per heavy atom. The second-order valence-corrected chi connectivity index (χ2v) is 5.17. The Kier molecular flexibility index (Phi) is 6.94. The average molecular weight is 250 g/mol. The van der Waals surface area contributed by atoms with E-state index in [1.54, 1.807) is 7.11 Å². The molecule has 0 spiro atoms. The Morgan fingerprint density at radius 1 is 1.00 bits per heavy atom. The molecule has 0 heterocycles. The van der Waals surface area contributed by atoms with Crippen molar-refractivity contribution >= 4 is 0 Å². The maximum Gasteiger partial charge on any atom is 0.0587 e. The second kappa shape index (κ2) is 8.25. The van der Waals surface area contributed by atoms with E-state index < -0.39 is 0 Å². The summed E-state index contributed by atoms with van der Waals surface area (Å²) in [7, 11) is 1.72. The van der Waals surface area contributed by atoms with Crippen LogP contribution in [0.4, 0.5) is 0 Å². The molecule has 0 amide bonds. The zero-order chi connectivity index (χ0) is 13.3. The maximum atomic E-state index is 4.98.